The Bertz CT molecular complexity index is 524. The van der Waals surface area contributed by atoms with E-state index in [1.807, 2.05) is 28.9 Å². The van der Waals surface area contributed by atoms with Gasteiger partial charge in [0, 0.05) is 52.1 Å². The molecule has 1 aromatic heterocycles. The molecular formula is C17H28N4O2. The predicted molar refractivity (Wildman–Crippen MR) is 88.0 cm³/mol. The molecule has 0 aromatic carbocycles. The minimum absolute atomic E-state index is 0.179. The lowest BCUT2D eigenvalue weighted by Crippen LogP contribution is -2.49. The van der Waals surface area contributed by atoms with Crippen LogP contribution in [0.4, 0.5) is 0 Å². The van der Waals surface area contributed by atoms with Gasteiger partial charge in [-0.3, -0.25) is 9.69 Å². The van der Waals surface area contributed by atoms with E-state index in [9.17, 15) is 4.79 Å². The van der Waals surface area contributed by atoms with Crippen LogP contribution < -0.4 is 0 Å². The van der Waals surface area contributed by atoms with Gasteiger partial charge in [-0.1, -0.05) is 0 Å². The van der Waals surface area contributed by atoms with Crippen LogP contribution in [-0.2, 0) is 16.6 Å². The van der Waals surface area contributed by atoms with Crippen molar-refractivity contribution in [3.05, 3.63) is 18.2 Å². The molecule has 2 saturated heterocycles. The van der Waals surface area contributed by atoms with Crippen LogP contribution >= 0.6 is 0 Å². The lowest BCUT2D eigenvalue weighted by atomic mass is 10.0. The molecule has 6 nitrogen and oxygen atoms in total. The number of likely N-dealkylation sites (N-methyl/N-ethyl adjacent to an activating group) is 1. The Balaban J connectivity index is 1.55. The molecule has 0 bridgehead atoms. The van der Waals surface area contributed by atoms with Crippen molar-refractivity contribution in [2.75, 3.05) is 33.3 Å². The first-order valence-corrected chi connectivity index (χ1v) is 8.72. The number of hydrogen-bond acceptors (Lipinski definition) is 4. The second kappa shape index (κ2) is 7.45. The van der Waals surface area contributed by atoms with Gasteiger partial charge in [-0.15, -0.1) is 0 Å². The quantitative estimate of drug-likeness (QED) is 0.845. The maximum Gasteiger partial charge on any atom is 0.222 e. The number of carbonyl (C=O) groups is 1. The Kier molecular flexibility index (Phi) is 5.33. The number of hydrogen-bond donors (Lipinski definition) is 0. The molecule has 128 valence electrons. The zero-order chi connectivity index (χ0) is 16.2. The van der Waals surface area contributed by atoms with Gasteiger partial charge in [0.25, 0.3) is 0 Å². The van der Waals surface area contributed by atoms with E-state index in [0.29, 0.717) is 6.42 Å². The van der Waals surface area contributed by atoms with E-state index >= 15 is 0 Å². The third kappa shape index (κ3) is 3.93. The van der Waals surface area contributed by atoms with Crippen LogP contribution in [0, 0.1) is 0 Å². The van der Waals surface area contributed by atoms with Crippen molar-refractivity contribution < 1.29 is 9.53 Å². The molecule has 3 rings (SSSR count). The second-order valence-corrected chi connectivity index (χ2v) is 6.76. The maximum atomic E-state index is 12.6. The molecule has 2 aliphatic heterocycles. The fourth-order valence-electron chi connectivity index (χ4n) is 3.55. The summed E-state index contributed by atoms with van der Waals surface area (Å²) in [4.78, 5) is 21.3. The highest BCUT2D eigenvalue weighted by molar-refractivity contribution is 5.76. The highest BCUT2D eigenvalue weighted by Crippen LogP contribution is 2.24. The number of imidazole rings is 1. The van der Waals surface area contributed by atoms with E-state index in [1.54, 1.807) is 0 Å². The third-order valence-corrected chi connectivity index (χ3v) is 5.11. The van der Waals surface area contributed by atoms with Crippen LogP contribution in [0.1, 0.15) is 44.0 Å². The number of rotatable bonds is 4. The molecule has 2 unspecified atom stereocenters. The van der Waals surface area contributed by atoms with E-state index < -0.39 is 0 Å². The second-order valence-electron chi connectivity index (χ2n) is 6.76. The summed E-state index contributed by atoms with van der Waals surface area (Å²) in [6.45, 7) is 3.28. The first-order valence-electron chi connectivity index (χ1n) is 8.72. The largest absolute Gasteiger partial charge is 0.378 e. The van der Waals surface area contributed by atoms with Crippen LogP contribution in [0.2, 0.25) is 0 Å². The zero-order valence-electron chi connectivity index (χ0n) is 14.3. The van der Waals surface area contributed by atoms with Crippen LogP contribution in [-0.4, -0.2) is 64.7 Å². The molecule has 3 heterocycles. The Morgan fingerprint density at radius 3 is 2.91 bits per heavy atom. The van der Waals surface area contributed by atoms with E-state index in [-0.39, 0.29) is 18.1 Å². The fraction of sp³-hybridized carbons (Fsp3) is 0.765. The van der Waals surface area contributed by atoms with Gasteiger partial charge < -0.3 is 14.2 Å². The summed E-state index contributed by atoms with van der Waals surface area (Å²) >= 11 is 0. The number of piperazine rings is 1. The minimum Gasteiger partial charge on any atom is -0.378 e. The molecule has 2 atom stereocenters. The maximum absolute atomic E-state index is 12.6. The lowest BCUT2D eigenvalue weighted by Gasteiger charge is -2.39. The highest BCUT2D eigenvalue weighted by Gasteiger charge is 2.30. The molecule has 0 aliphatic carbocycles. The predicted octanol–water partition coefficient (Wildman–Crippen LogP) is 1.58. The van der Waals surface area contributed by atoms with Gasteiger partial charge in [0.1, 0.15) is 5.82 Å². The van der Waals surface area contributed by atoms with Crippen LogP contribution in [0.5, 0.6) is 0 Å². The lowest BCUT2D eigenvalue weighted by molar-refractivity contribution is -0.135. The third-order valence-electron chi connectivity index (χ3n) is 5.11. The summed E-state index contributed by atoms with van der Waals surface area (Å²) in [5, 5.41) is 0. The summed E-state index contributed by atoms with van der Waals surface area (Å²) in [5.74, 6) is 1.28. The molecule has 0 radical (unpaired) electrons. The number of nitrogens with zero attached hydrogens (tertiary/aromatic N) is 4. The van der Waals surface area contributed by atoms with Crippen LogP contribution in [0.15, 0.2) is 12.4 Å². The smallest absolute Gasteiger partial charge is 0.222 e. The summed E-state index contributed by atoms with van der Waals surface area (Å²) in [5.41, 5.74) is 0. The van der Waals surface area contributed by atoms with Gasteiger partial charge in [0.2, 0.25) is 5.91 Å². The monoisotopic (exact) mass is 320 g/mol. The Morgan fingerprint density at radius 1 is 1.35 bits per heavy atom. The standard InChI is InChI=1S/C17H28N4O2/c1-19-10-11-21(13-15(19)17-18-8-9-20(17)2)16(22)7-6-14-5-3-4-12-23-14/h8-9,14-15H,3-7,10-13H2,1-2H3. The summed E-state index contributed by atoms with van der Waals surface area (Å²) in [6.07, 6.45) is 9.02. The van der Waals surface area contributed by atoms with E-state index in [2.05, 4.69) is 16.9 Å². The van der Waals surface area contributed by atoms with Gasteiger partial charge in [-0.2, -0.15) is 0 Å². The molecule has 2 aliphatic rings. The average Bonchev–Trinajstić information content (AvgIpc) is 3.00. The molecule has 0 saturated carbocycles. The Morgan fingerprint density at radius 2 is 2.22 bits per heavy atom. The normalized spacial score (nSPS) is 26.4. The SMILES string of the molecule is CN1CCN(C(=O)CCC2CCCCO2)CC1c1nccn1C. The number of carbonyl (C=O) groups excluding carboxylic acids is 1. The number of aryl methyl sites for hydroxylation is 1. The average molecular weight is 320 g/mol. The van der Waals surface area contributed by atoms with E-state index in [1.165, 1.54) is 6.42 Å². The first-order chi connectivity index (χ1) is 11.1. The van der Waals surface area contributed by atoms with Crippen molar-refractivity contribution in [3.8, 4) is 0 Å². The number of ether oxygens (including phenoxy) is 1. The van der Waals surface area contributed by atoms with Crippen molar-refractivity contribution in [1.29, 1.82) is 0 Å². The van der Waals surface area contributed by atoms with Gasteiger partial charge in [-0.25, -0.2) is 4.98 Å². The van der Waals surface area contributed by atoms with Gasteiger partial charge in [0.15, 0.2) is 0 Å². The number of aromatic nitrogens is 2. The van der Waals surface area contributed by atoms with Crippen molar-refractivity contribution in [3.63, 3.8) is 0 Å². The van der Waals surface area contributed by atoms with Crippen LogP contribution in [0.3, 0.4) is 0 Å². The number of amides is 1. The zero-order valence-corrected chi connectivity index (χ0v) is 14.3. The molecule has 6 heteroatoms. The van der Waals surface area contributed by atoms with Crippen molar-refractivity contribution in [1.82, 2.24) is 19.4 Å². The Hall–Kier alpha value is -1.40. The highest BCUT2D eigenvalue weighted by atomic mass is 16.5. The first kappa shape index (κ1) is 16.5. The molecule has 0 spiro atoms. The molecule has 1 aromatic rings. The van der Waals surface area contributed by atoms with Crippen molar-refractivity contribution >= 4 is 5.91 Å². The molecule has 0 N–H and O–H groups in total. The van der Waals surface area contributed by atoms with E-state index in [0.717, 1.165) is 51.3 Å². The van der Waals surface area contributed by atoms with E-state index in [4.69, 9.17) is 4.74 Å². The molecule has 2 fully saturated rings. The molecular weight excluding hydrogens is 292 g/mol. The summed E-state index contributed by atoms with van der Waals surface area (Å²) < 4.78 is 7.78. The summed E-state index contributed by atoms with van der Waals surface area (Å²) in [7, 11) is 4.12. The topological polar surface area (TPSA) is 50.6 Å². The van der Waals surface area contributed by atoms with Gasteiger partial charge in [-0.05, 0) is 32.7 Å². The van der Waals surface area contributed by atoms with Crippen molar-refractivity contribution in [2.45, 2.75) is 44.2 Å². The summed E-state index contributed by atoms with van der Waals surface area (Å²) in [6, 6.07) is 0.179. The molecule has 23 heavy (non-hydrogen) atoms. The fourth-order valence-corrected chi connectivity index (χ4v) is 3.55. The van der Waals surface area contributed by atoms with Gasteiger partial charge >= 0.3 is 0 Å². The van der Waals surface area contributed by atoms with Crippen LogP contribution in [0.25, 0.3) is 0 Å². The minimum atomic E-state index is 0.179. The Labute approximate surface area is 138 Å². The molecule has 1 amide bonds. The van der Waals surface area contributed by atoms with Crippen molar-refractivity contribution in [2.24, 2.45) is 7.05 Å². The van der Waals surface area contributed by atoms with Gasteiger partial charge in [0.05, 0.1) is 12.1 Å².